The predicted molar refractivity (Wildman–Crippen MR) is 63.0 cm³/mol. The second kappa shape index (κ2) is 5.63. The molecule has 3 N–H and O–H groups in total. The summed E-state index contributed by atoms with van der Waals surface area (Å²) in [6.45, 7) is 0.415. The minimum Gasteiger partial charge on any atom is -0.393 e. The van der Waals surface area contributed by atoms with E-state index in [4.69, 9.17) is 17.3 Å². The van der Waals surface area contributed by atoms with Crippen molar-refractivity contribution in [2.24, 2.45) is 5.73 Å². The zero-order chi connectivity index (χ0) is 11.3. The first-order valence-corrected chi connectivity index (χ1v) is 5.06. The van der Waals surface area contributed by atoms with Crippen molar-refractivity contribution < 1.29 is 4.79 Å². The largest absolute Gasteiger partial charge is 0.393 e. The average molecular weight is 244 g/mol. The van der Waals surface area contributed by atoms with Gasteiger partial charge in [-0.25, -0.2) is 4.98 Å². The molecule has 0 fully saturated rings. The second-order valence-electron chi connectivity index (χ2n) is 2.83. The van der Waals surface area contributed by atoms with Crippen molar-refractivity contribution in [2.75, 3.05) is 6.54 Å². The summed E-state index contributed by atoms with van der Waals surface area (Å²) in [5.41, 5.74) is 5.61. The van der Waals surface area contributed by atoms with Crippen LogP contribution in [0.5, 0.6) is 0 Å². The van der Waals surface area contributed by atoms with E-state index in [-0.39, 0.29) is 5.91 Å². The average Bonchev–Trinajstić information content (AvgIpc) is 2.18. The first-order chi connectivity index (χ1) is 7.09. The van der Waals surface area contributed by atoms with Crippen LogP contribution < -0.4 is 11.1 Å². The maximum absolute atomic E-state index is 11.4. The van der Waals surface area contributed by atoms with Gasteiger partial charge < -0.3 is 11.1 Å². The summed E-state index contributed by atoms with van der Waals surface area (Å²) in [5.74, 6) is -0.261. The van der Waals surface area contributed by atoms with E-state index in [1.165, 1.54) is 6.20 Å². The molecule has 0 aromatic carbocycles. The molecule has 1 aromatic heterocycles. The Morgan fingerprint density at radius 3 is 2.87 bits per heavy atom. The molecule has 1 amide bonds. The Balaban J connectivity index is 2.47. The fraction of sp³-hybridized carbons (Fsp3) is 0.222. The number of rotatable bonds is 4. The molecular formula is C9H10ClN3OS. The van der Waals surface area contributed by atoms with Gasteiger partial charge in [0, 0.05) is 19.2 Å². The van der Waals surface area contributed by atoms with Crippen molar-refractivity contribution in [1.29, 1.82) is 0 Å². The molecule has 0 saturated carbocycles. The van der Waals surface area contributed by atoms with Gasteiger partial charge in [0.2, 0.25) is 0 Å². The van der Waals surface area contributed by atoms with Crippen molar-refractivity contribution >= 4 is 34.7 Å². The number of amides is 1. The highest BCUT2D eigenvalue weighted by atomic mass is 35.5. The van der Waals surface area contributed by atoms with E-state index in [1.807, 2.05) is 0 Å². The van der Waals surface area contributed by atoms with Crippen LogP contribution in [0.3, 0.4) is 0 Å². The van der Waals surface area contributed by atoms with Crippen LogP contribution in [-0.2, 0) is 0 Å². The lowest BCUT2D eigenvalue weighted by molar-refractivity contribution is 0.0950. The van der Waals surface area contributed by atoms with E-state index >= 15 is 0 Å². The van der Waals surface area contributed by atoms with E-state index in [0.29, 0.717) is 28.7 Å². The molecule has 0 unspecified atom stereocenters. The molecule has 6 heteroatoms. The van der Waals surface area contributed by atoms with E-state index in [1.54, 1.807) is 12.1 Å². The van der Waals surface area contributed by atoms with Gasteiger partial charge in [0.1, 0.15) is 5.69 Å². The molecule has 0 saturated heterocycles. The van der Waals surface area contributed by atoms with Crippen molar-refractivity contribution in [1.82, 2.24) is 10.3 Å². The zero-order valence-corrected chi connectivity index (χ0v) is 9.44. The topological polar surface area (TPSA) is 68.0 Å². The van der Waals surface area contributed by atoms with Gasteiger partial charge in [-0.3, -0.25) is 4.79 Å². The van der Waals surface area contributed by atoms with Crippen LogP contribution in [-0.4, -0.2) is 22.4 Å². The Kier molecular flexibility index (Phi) is 4.45. The van der Waals surface area contributed by atoms with E-state index in [0.717, 1.165) is 0 Å². The first kappa shape index (κ1) is 11.9. The number of aromatic nitrogens is 1. The Labute approximate surface area is 97.8 Å². The van der Waals surface area contributed by atoms with Crippen LogP contribution in [0.25, 0.3) is 0 Å². The van der Waals surface area contributed by atoms with Crippen LogP contribution in [0, 0.1) is 0 Å². The van der Waals surface area contributed by atoms with Gasteiger partial charge in [0.15, 0.2) is 0 Å². The van der Waals surface area contributed by atoms with Crippen molar-refractivity contribution in [3.05, 3.63) is 29.0 Å². The Morgan fingerprint density at radius 1 is 1.60 bits per heavy atom. The summed E-state index contributed by atoms with van der Waals surface area (Å²) >= 11 is 10.3. The van der Waals surface area contributed by atoms with E-state index < -0.39 is 0 Å². The maximum Gasteiger partial charge on any atom is 0.269 e. The van der Waals surface area contributed by atoms with Crippen LogP contribution in [0.15, 0.2) is 18.3 Å². The van der Waals surface area contributed by atoms with Crippen LogP contribution in [0.1, 0.15) is 16.9 Å². The molecule has 0 atom stereocenters. The lowest BCUT2D eigenvalue weighted by Gasteiger charge is -2.03. The molecule has 0 aliphatic heterocycles. The number of nitrogens with two attached hydrogens (primary N) is 1. The number of nitrogens with one attached hydrogen (secondary N) is 1. The summed E-state index contributed by atoms with van der Waals surface area (Å²) in [5, 5.41) is 3.13. The highest BCUT2D eigenvalue weighted by Crippen LogP contribution is 2.05. The van der Waals surface area contributed by atoms with Crippen molar-refractivity contribution in [2.45, 2.75) is 6.42 Å². The van der Waals surface area contributed by atoms with Gasteiger partial charge in [0.25, 0.3) is 5.91 Å². The minimum absolute atomic E-state index is 0.261. The quantitative estimate of drug-likeness (QED) is 0.779. The minimum atomic E-state index is -0.261. The Hall–Kier alpha value is -1.20. The first-order valence-electron chi connectivity index (χ1n) is 4.27. The summed E-state index contributed by atoms with van der Waals surface area (Å²) < 4.78 is 0. The molecule has 1 rings (SSSR count). The van der Waals surface area contributed by atoms with Crippen LogP contribution >= 0.6 is 23.8 Å². The number of hydrogen-bond acceptors (Lipinski definition) is 3. The normalized spacial score (nSPS) is 9.67. The number of halogens is 1. The highest BCUT2D eigenvalue weighted by Gasteiger charge is 2.05. The number of nitrogens with zero attached hydrogens (tertiary/aromatic N) is 1. The monoisotopic (exact) mass is 243 g/mol. The van der Waals surface area contributed by atoms with Gasteiger partial charge in [-0.2, -0.15) is 0 Å². The van der Waals surface area contributed by atoms with Gasteiger partial charge in [0.05, 0.1) is 10.0 Å². The molecule has 1 heterocycles. The molecule has 4 nitrogen and oxygen atoms in total. The summed E-state index contributed by atoms with van der Waals surface area (Å²) in [6.07, 6.45) is 1.90. The van der Waals surface area contributed by atoms with E-state index in [2.05, 4.69) is 22.5 Å². The fourth-order valence-electron chi connectivity index (χ4n) is 0.900. The van der Waals surface area contributed by atoms with Gasteiger partial charge >= 0.3 is 0 Å². The Bertz CT molecular complexity index is 366. The fourth-order valence-corrected chi connectivity index (χ4v) is 1.11. The van der Waals surface area contributed by atoms with Gasteiger partial charge in [-0.15, -0.1) is 0 Å². The molecule has 1 aromatic rings. The second-order valence-corrected chi connectivity index (χ2v) is 3.79. The van der Waals surface area contributed by atoms with Gasteiger partial charge in [-0.1, -0.05) is 23.8 Å². The van der Waals surface area contributed by atoms with Crippen LogP contribution in [0.4, 0.5) is 0 Å². The zero-order valence-electron chi connectivity index (χ0n) is 7.87. The maximum atomic E-state index is 11.4. The molecule has 80 valence electrons. The van der Waals surface area contributed by atoms with E-state index in [9.17, 15) is 4.79 Å². The number of pyridine rings is 1. The number of hydrogen-bond donors (Lipinski definition) is 2. The van der Waals surface area contributed by atoms with Gasteiger partial charge in [-0.05, 0) is 12.1 Å². The number of carbonyl (C=O) groups is 1. The summed E-state index contributed by atoms with van der Waals surface area (Å²) in [7, 11) is 0. The Morgan fingerprint density at radius 2 is 2.33 bits per heavy atom. The number of thiocarbonyl (C=S) groups is 1. The molecule has 0 bridgehead atoms. The third kappa shape index (κ3) is 4.22. The third-order valence-electron chi connectivity index (χ3n) is 1.62. The standard InChI is InChI=1S/C9H10ClN3OS/c10-6-1-2-7(13-5-6)9(14)12-4-3-8(11)15/h1-2,5H,3-4H2,(H2,11,15)(H,12,14). The molecule has 0 radical (unpaired) electrons. The summed E-state index contributed by atoms with van der Waals surface area (Å²) in [4.78, 5) is 15.7. The van der Waals surface area contributed by atoms with Crippen molar-refractivity contribution in [3.8, 4) is 0 Å². The third-order valence-corrected chi connectivity index (χ3v) is 2.04. The smallest absolute Gasteiger partial charge is 0.269 e. The highest BCUT2D eigenvalue weighted by molar-refractivity contribution is 7.80. The molecule has 0 aliphatic rings. The SMILES string of the molecule is NC(=S)CCNC(=O)c1ccc(Cl)cn1. The lowest BCUT2D eigenvalue weighted by atomic mass is 10.3. The molecular weight excluding hydrogens is 234 g/mol. The number of carbonyl (C=O) groups excluding carboxylic acids is 1. The summed E-state index contributed by atoms with van der Waals surface area (Å²) in [6, 6.07) is 3.16. The molecule has 0 spiro atoms. The molecule has 15 heavy (non-hydrogen) atoms. The van der Waals surface area contributed by atoms with Crippen molar-refractivity contribution in [3.63, 3.8) is 0 Å². The predicted octanol–water partition coefficient (Wildman–Crippen LogP) is 1.14. The molecule has 0 aliphatic carbocycles. The lowest BCUT2D eigenvalue weighted by Crippen LogP contribution is -2.27. The van der Waals surface area contributed by atoms with Crippen LogP contribution in [0.2, 0.25) is 5.02 Å².